The molecule has 0 aliphatic rings. The predicted molar refractivity (Wildman–Crippen MR) is 61.4 cm³/mol. The number of nitrogens with two attached hydrogens (primary N) is 1. The molecule has 1 aromatic heterocycles. The summed E-state index contributed by atoms with van der Waals surface area (Å²) < 4.78 is 39.4. The van der Waals surface area contributed by atoms with Crippen LogP contribution in [-0.2, 0) is 0 Å². The Morgan fingerprint density at radius 1 is 1.18 bits per heavy atom. The first-order valence-electron chi connectivity index (χ1n) is 4.94. The number of benzene rings is 1. The van der Waals surface area contributed by atoms with Gasteiger partial charge >= 0.3 is 0 Å². The predicted octanol–water partition coefficient (Wildman–Crippen LogP) is 3.52. The number of aryl methyl sites for hydroxylation is 1. The molecule has 2 aromatic rings. The van der Waals surface area contributed by atoms with Crippen LogP contribution in [0.2, 0.25) is 0 Å². The summed E-state index contributed by atoms with van der Waals surface area (Å²) in [6, 6.07) is 3.07. The lowest BCUT2D eigenvalue weighted by atomic mass is 10.0. The first kappa shape index (κ1) is 12.1. The standard InChI is InChI=1S/C12H10F3NS/c1-6-4-7(5-17-6)12(16)8-2-3-9(13)11(15)10(8)14/h2-5,12H,16H2,1H3. The fraction of sp³-hybridized carbons (Fsp3) is 0.167. The van der Waals surface area contributed by atoms with Gasteiger partial charge in [0.2, 0.25) is 0 Å². The van der Waals surface area contributed by atoms with Gasteiger partial charge in [0.15, 0.2) is 17.5 Å². The zero-order chi connectivity index (χ0) is 12.6. The first-order chi connectivity index (χ1) is 8.00. The fourth-order valence-corrected chi connectivity index (χ4v) is 2.33. The Kier molecular flexibility index (Phi) is 3.22. The number of rotatable bonds is 2. The monoisotopic (exact) mass is 257 g/mol. The number of thiophene rings is 1. The minimum atomic E-state index is -1.48. The molecular formula is C12H10F3NS. The number of hydrogen-bond acceptors (Lipinski definition) is 2. The highest BCUT2D eigenvalue weighted by atomic mass is 32.1. The van der Waals surface area contributed by atoms with Crippen LogP contribution >= 0.6 is 11.3 Å². The molecule has 0 spiro atoms. The summed E-state index contributed by atoms with van der Waals surface area (Å²) in [7, 11) is 0. The zero-order valence-corrected chi connectivity index (χ0v) is 9.82. The Labute approximate surface area is 101 Å². The second-order valence-electron chi connectivity index (χ2n) is 3.73. The highest BCUT2D eigenvalue weighted by Gasteiger charge is 2.19. The lowest BCUT2D eigenvalue weighted by Crippen LogP contribution is -2.14. The number of halogens is 3. The van der Waals surface area contributed by atoms with Crippen LogP contribution in [0.5, 0.6) is 0 Å². The Morgan fingerprint density at radius 3 is 2.47 bits per heavy atom. The summed E-state index contributed by atoms with van der Waals surface area (Å²) >= 11 is 1.47. The molecule has 1 atom stereocenters. The molecule has 0 bridgehead atoms. The summed E-state index contributed by atoms with van der Waals surface area (Å²) in [4.78, 5) is 1.03. The van der Waals surface area contributed by atoms with E-state index in [4.69, 9.17) is 5.73 Å². The van der Waals surface area contributed by atoms with Gasteiger partial charge in [-0.2, -0.15) is 0 Å². The molecule has 2 rings (SSSR count). The van der Waals surface area contributed by atoms with Gasteiger partial charge in [0, 0.05) is 10.4 Å². The Balaban J connectivity index is 2.44. The molecule has 0 saturated heterocycles. The van der Waals surface area contributed by atoms with E-state index in [0.29, 0.717) is 5.56 Å². The smallest absolute Gasteiger partial charge is 0.194 e. The summed E-state index contributed by atoms with van der Waals surface area (Å²) in [6.07, 6.45) is 0. The van der Waals surface area contributed by atoms with E-state index >= 15 is 0 Å². The maximum Gasteiger partial charge on any atom is 0.194 e. The van der Waals surface area contributed by atoms with Crippen LogP contribution in [0.25, 0.3) is 0 Å². The van der Waals surface area contributed by atoms with E-state index in [1.165, 1.54) is 17.4 Å². The van der Waals surface area contributed by atoms with Gasteiger partial charge in [-0.3, -0.25) is 0 Å². The topological polar surface area (TPSA) is 26.0 Å². The van der Waals surface area contributed by atoms with Gasteiger partial charge in [0.05, 0.1) is 6.04 Å². The zero-order valence-electron chi connectivity index (χ0n) is 9.01. The highest BCUT2D eigenvalue weighted by molar-refractivity contribution is 7.10. The van der Waals surface area contributed by atoms with E-state index in [-0.39, 0.29) is 5.56 Å². The van der Waals surface area contributed by atoms with Crippen LogP contribution in [0.4, 0.5) is 13.2 Å². The molecule has 1 heterocycles. The second-order valence-corrected chi connectivity index (χ2v) is 4.85. The van der Waals surface area contributed by atoms with Crippen molar-refractivity contribution >= 4 is 11.3 Å². The molecule has 17 heavy (non-hydrogen) atoms. The lowest BCUT2D eigenvalue weighted by molar-refractivity contribution is 0.438. The van der Waals surface area contributed by atoms with Crippen molar-refractivity contribution in [1.29, 1.82) is 0 Å². The third kappa shape index (κ3) is 2.21. The van der Waals surface area contributed by atoms with Crippen molar-refractivity contribution in [3.05, 3.63) is 57.0 Å². The maximum atomic E-state index is 13.5. The quantitative estimate of drug-likeness (QED) is 0.818. The van der Waals surface area contributed by atoms with E-state index in [0.717, 1.165) is 10.9 Å². The molecule has 0 amide bonds. The third-order valence-electron chi connectivity index (χ3n) is 2.51. The van der Waals surface area contributed by atoms with Gasteiger partial charge in [0.25, 0.3) is 0 Å². The van der Waals surface area contributed by atoms with Gasteiger partial charge in [0.1, 0.15) is 0 Å². The Hall–Kier alpha value is -1.33. The van der Waals surface area contributed by atoms with Crippen LogP contribution in [0.1, 0.15) is 22.0 Å². The normalized spacial score (nSPS) is 12.8. The largest absolute Gasteiger partial charge is 0.320 e. The van der Waals surface area contributed by atoms with E-state index in [1.54, 1.807) is 11.4 Å². The highest BCUT2D eigenvalue weighted by Crippen LogP contribution is 2.27. The van der Waals surface area contributed by atoms with Crippen molar-refractivity contribution in [1.82, 2.24) is 0 Å². The molecule has 2 N–H and O–H groups in total. The van der Waals surface area contributed by atoms with Crippen molar-refractivity contribution in [2.75, 3.05) is 0 Å². The third-order valence-corrected chi connectivity index (χ3v) is 3.39. The molecule has 1 nitrogen and oxygen atoms in total. The molecule has 1 aromatic carbocycles. The minimum Gasteiger partial charge on any atom is -0.320 e. The molecule has 0 radical (unpaired) electrons. The van der Waals surface area contributed by atoms with Crippen LogP contribution in [0.15, 0.2) is 23.6 Å². The van der Waals surface area contributed by atoms with Crippen LogP contribution in [0.3, 0.4) is 0 Å². The molecule has 0 aliphatic carbocycles. The van der Waals surface area contributed by atoms with Crippen LogP contribution in [0, 0.1) is 24.4 Å². The average molecular weight is 257 g/mol. The van der Waals surface area contributed by atoms with Crippen molar-refractivity contribution in [3.63, 3.8) is 0 Å². The van der Waals surface area contributed by atoms with E-state index < -0.39 is 23.5 Å². The fourth-order valence-electron chi connectivity index (χ4n) is 1.59. The Bertz CT molecular complexity index is 551. The van der Waals surface area contributed by atoms with Gasteiger partial charge in [-0.1, -0.05) is 6.07 Å². The van der Waals surface area contributed by atoms with Crippen LogP contribution < -0.4 is 5.73 Å². The SMILES string of the molecule is Cc1cc(C(N)c2ccc(F)c(F)c2F)cs1. The molecule has 5 heteroatoms. The summed E-state index contributed by atoms with van der Waals surface area (Å²) in [5.41, 5.74) is 6.48. The first-order valence-corrected chi connectivity index (χ1v) is 5.82. The molecule has 0 saturated carbocycles. The van der Waals surface area contributed by atoms with Crippen LogP contribution in [-0.4, -0.2) is 0 Å². The minimum absolute atomic E-state index is 0.0401. The average Bonchev–Trinajstić information content (AvgIpc) is 2.72. The van der Waals surface area contributed by atoms with E-state index in [1.807, 2.05) is 6.92 Å². The van der Waals surface area contributed by atoms with Crippen molar-refractivity contribution in [2.24, 2.45) is 5.73 Å². The summed E-state index contributed by atoms with van der Waals surface area (Å²) in [5.74, 6) is -3.91. The lowest BCUT2D eigenvalue weighted by Gasteiger charge is -2.12. The van der Waals surface area contributed by atoms with Gasteiger partial charge in [-0.25, -0.2) is 13.2 Å². The van der Waals surface area contributed by atoms with Crippen molar-refractivity contribution in [2.45, 2.75) is 13.0 Å². The second kappa shape index (κ2) is 4.50. The Morgan fingerprint density at radius 2 is 1.88 bits per heavy atom. The van der Waals surface area contributed by atoms with E-state index in [2.05, 4.69) is 0 Å². The maximum absolute atomic E-state index is 13.5. The van der Waals surface area contributed by atoms with Gasteiger partial charge in [-0.05, 0) is 30.0 Å². The molecular weight excluding hydrogens is 247 g/mol. The summed E-state index contributed by atoms with van der Waals surface area (Å²) in [6.45, 7) is 1.89. The number of hydrogen-bond donors (Lipinski definition) is 1. The van der Waals surface area contributed by atoms with Gasteiger partial charge in [-0.15, -0.1) is 11.3 Å². The van der Waals surface area contributed by atoms with Gasteiger partial charge < -0.3 is 5.73 Å². The molecule has 1 unspecified atom stereocenters. The summed E-state index contributed by atoms with van der Waals surface area (Å²) in [5, 5.41) is 1.78. The van der Waals surface area contributed by atoms with Crippen molar-refractivity contribution in [3.8, 4) is 0 Å². The molecule has 90 valence electrons. The molecule has 0 aliphatic heterocycles. The van der Waals surface area contributed by atoms with E-state index in [9.17, 15) is 13.2 Å². The van der Waals surface area contributed by atoms with Crippen molar-refractivity contribution < 1.29 is 13.2 Å². The molecule has 0 fully saturated rings.